The Hall–Kier alpha value is -3.81. The first-order valence-electron chi connectivity index (χ1n) is 10.3. The van der Waals surface area contributed by atoms with Crippen LogP contribution in [0, 0.1) is 0 Å². The topological polar surface area (TPSA) is 63.2 Å². The summed E-state index contributed by atoms with van der Waals surface area (Å²) in [6.45, 7) is 0. The van der Waals surface area contributed by atoms with E-state index < -0.39 is 0 Å². The van der Waals surface area contributed by atoms with Gasteiger partial charge in [0.05, 0.1) is 22.9 Å². The number of nitrogens with zero attached hydrogens (tertiary/aromatic N) is 1. The van der Waals surface area contributed by atoms with Gasteiger partial charge in [-0.2, -0.15) is 0 Å². The number of thiazole rings is 1. The molecule has 1 aromatic heterocycles. The van der Waals surface area contributed by atoms with Crippen LogP contribution in [-0.4, -0.2) is 23.1 Å². The van der Waals surface area contributed by atoms with Crippen LogP contribution < -0.4 is 15.4 Å². The molecule has 0 aliphatic heterocycles. The average molecular weight is 470 g/mol. The molecule has 5 nitrogen and oxygen atoms in total. The van der Waals surface area contributed by atoms with Crippen molar-refractivity contribution >= 4 is 61.3 Å². The highest BCUT2D eigenvalue weighted by atomic mass is 32.1. The lowest BCUT2D eigenvalue weighted by Gasteiger charge is -2.13. The van der Waals surface area contributed by atoms with E-state index in [1.165, 1.54) is 0 Å². The monoisotopic (exact) mass is 469 g/mol. The predicted molar refractivity (Wildman–Crippen MR) is 139 cm³/mol. The zero-order valence-electron chi connectivity index (χ0n) is 17.7. The summed E-state index contributed by atoms with van der Waals surface area (Å²) < 4.78 is 6.57. The highest BCUT2D eigenvalue weighted by Gasteiger charge is 2.15. The first kappa shape index (κ1) is 21.1. The van der Waals surface area contributed by atoms with Gasteiger partial charge < -0.3 is 10.1 Å². The van der Waals surface area contributed by atoms with Gasteiger partial charge in [-0.25, -0.2) is 4.98 Å². The third-order valence-electron chi connectivity index (χ3n) is 5.20. The van der Waals surface area contributed by atoms with Gasteiger partial charge in [0.15, 0.2) is 5.11 Å². The summed E-state index contributed by atoms with van der Waals surface area (Å²) in [6, 6.07) is 27.3. The third kappa shape index (κ3) is 4.41. The quantitative estimate of drug-likeness (QED) is 0.305. The number of amides is 1. The fourth-order valence-corrected chi connectivity index (χ4v) is 4.80. The van der Waals surface area contributed by atoms with E-state index in [9.17, 15) is 4.79 Å². The van der Waals surface area contributed by atoms with Gasteiger partial charge in [0, 0.05) is 11.3 Å². The second kappa shape index (κ2) is 8.97. The Balaban J connectivity index is 1.34. The molecule has 1 amide bonds. The van der Waals surface area contributed by atoms with E-state index in [4.69, 9.17) is 21.9 Å². The van der Waals surface area contributed by atoms with Crippen LogP contribution >= 0.6 is 23.6 Å². The second-order valence-electron chi connectivity index (χ2n) is 7.38. The minimum absolute atomic E-state index is 0.205. The number of ether oxygens (including phenoxy) is 1. The van der Waals surface area contributed by atoms with Gasteiger partial charge in [0.2, 0.25) is 0 Å². The van der Waals surface area contributed by atoms with Crippen molar-refractivity contribution in [3.63, 3.8) is 0 Å². The molecule has 0 radical (unpaired) electrons. The van der Waals surface area contributed by atoms with Crippen molar-refractivity contribution in [1.29, 1.82) is 0 Å². The number of hydrogen-bond acceptors (Lipinski definition) is 5. The number of carbonyl (C=O) groups is 1. The van der Waals surface area contributed by atoms with Gasteiger partial charge in [-0.1, -0.05) is 48.5 Å². The maximum Gasteiger partial charge on any atom is 0.261 e. The van der Waals surface area contributed by atoms with Gasteiger partial charge in [-0.3, -0.25) is 10.1 Å². The number of aromatic nitrogens is 1. The van der Waals surface area contributed by atoms with E-state index in [1.807, 2.05) is 72.8 Å². The third-order valence-corrected chi connectivity index (χ3v) is 6.49. The summed E-state index contributed by atoms with van der Waals surface area (Å²) in [4.78, 5) is 17.6. The number of hydrogen-bond donors (Lipinski definition) is 2. The summed E-state index contributed by atoms with van der Waals surface area (Å²) in [7, 11) is 1.55. The number of thiocarbonyl (C=S) groups is 1. The van der Waals surface area contributed by atoms with Crippen LogP contribution in [0.1, 0.15) is 10.4 Å². The number of methoxy groups -OCH3 is 1. The fourth-order valence-electron chi connectivity index (χ4n) is 3.62. The number of anilines is 1. The molecule has 162 valence electrons. The molecule has 0 bridgehead atoms. The Kier molecular flexibility index (Phi) is 5.73. The van der Waals surface area contributed by atoms with Crippen molar-refractivity contribution < 1.29 is 9.53 Å². The molecular weight excluding hydrogens is 450 g/mol. The highest BCUT2D eigenvalue weighted by molar-refractivity contribution is 7.80. The Labute approximate surface area is 200 Å². The predicted octanol–water partition coefficient (Wildman–Crippen LogP) is 6.25. The molecule has 0 aliphatic rings. The van der Waals surface area contributed by atoms with Crippen molar-refractivity contribution in [3.05, 3.63) is 90.5 Å². The van der Waals surface area contributed by atoms with Crippen molar-refractivity contribution in [1.82, 2.24) is 10.3 Å². The van der Waals surface area contributed by atoms with E-state index in [0.717, 1.165) is 37.2 Å². The standard InChI is InChI=1S/C26H19N3O2S2/c1-31-22-15-17-8-3-2-7-16(17)14-20(22)24(30)29-26(32)27-19-10-6-9-18(13-19)25-28-21-11-4-5-12-23(21)33-25/h2-15H,1H3,(H2,27,29,30,32). The summed E-state index contributed by atoms with van der Waals surface area (Å²) in [5.74, 6) is 0.157. The first-order valence-corrected chi connectivity index (χ1v) is 11.5. The number of nitrogens with one attached hydrogen (secondary N) is 2. The zero-order valence-corrected chi connectivity index (χ0v) is 19.3. The molecule has 1 heterocycles. The van der Waals surface area contributed by atoms with Crippen molar-refractivity contribution in [2.45, 2.75) is 0 Å². The molecule has 0 unspecified atom stereocenters. The zero-order chi connectivity index (χ0) is 22.8. The van der Waals surface area contributed by atoms with Crippen molar-refractivity contribution in [2.75, 3.05) is 12.4 Å². The average Bonchev–Trinajstić information content (AvgIpc) is 3.27. The minimum atomic E-state index is -0.336. The molecule has 0 aliphatic carbocycles. The molecule has 0 spiro atoms. The summed E-state index contributed by atoms with van der Waals surface area (Å²) in [5.41, 5.74) is 3.14. The molecule has 4 aromatic carbocycles. The lowest BCUT2D eigenvalue weighted by Crippen LogP contribution is -2.34. The van der Waals surface area contributed by atoms with Crippen molar-refractivity contribution in [3.8, 4) is 16.3 Å². The first-order chi connectivity index (χ1) is 16.1. The molecule has 2 N–H and O–H groups in total. The fraction of sp³-hybridized carbons (Fsp3) is 0.0385. The SMILES string of the molecule is COc1cc2ccccc2cc1C(=O)NC(=S)Nc1cccc(-c2nc3ccccc3s2)c1. The summed E-state index contributed by atoms with van der Waals surface area (Å²) >= 11 is 7.04. The van der Waals surface area contributed by atoms with Crippen LogP contribution in [0.4, 0.5) is 5.69 Å². The smallest absolute Gasteiger partial charge is 0.261 e. The van der Waals surface area contributed by atoms with Gasteiger partial charge in [-0.05, 0) is 59.4 Å². The second-order valence-corrected chi connectivity index (χ2v) is 8.81. The van der Waals surface area contributed by atoms with E-state index in [1.54, 1.807) is 24.5 Å². The maximum atomic E-state index is 12.9. The lowest BCUT2D eigenvalue weighted by molar-refractivity contribution is 0.0975. The molecule has 0 fully saturated rings. The molecule has 33 heavy (non-hydrogen) atoms. The summed E-state index contributed by atoms with van der Waals surface area (Å²) in [5, 5.41) is 8.93. The number of benzene rings is 4. The lowest BCUT2D eigenvalue weighted by atomic mass is 10.1. The summed E-state index contributed by atoms with van der Waals surface area (Å²) in [6.07, 6.45) is 0. The van der Waals surface area contributed by atoms with Gasteiger partial charge >= 0.3 is 0 Å². The van der Waals surface area contributed by atoms with E-state index in [0.29, 0.717) is 11.3 Å². The van der Waals surface area contributed by atoms with Crippen molar-refractivity contribution in [2.24, 2.45) is 0 Å². The molecule has 0 saturated carbocycles. The van der Waals surface area contributed by atoms with E-state index in [2.05, 4.69) is 16.7 Å². The van der Waals surface area contributed by atoms with Crippen LogP contribution in [0.25, 0.3) is 31.6 Å². The number of carbonyl (C=O) groups excluding carboxylic acids is 1. The largest absolute Gasteiger partial charge is 0.496 e. The Morgan fingerprint density at radius 2 is 1.70 bits per heavy atom. The molecule has 5 rings (SSSR count). The van der Waals surface area contributed by atoms with Crippen LogP contribution in [0.15, 0.2) is 84.9 Å². The molecule has 0 saturated heterocycles. The van der Waals surface area contributed by atoms with Crippen LogP contribution in [-0.2, 0) is 0 Å². The Morgan fingerprint density at radius 1 is 0.939 bits per heavy atom. The van der Waals surface area contributed by atoms with Crippen LogP contribution in [0.3, 0.4) is 0 Å². The number of fused-ring (bicyclic) bond motifs is 2. The normalized spacial score (nSPS) is 10.8. The Bertz CT molecular complexity index is 1480. The molecule has 0 atom stereocenters. The maximum absolute atomic E-state index is 12.9. The number of para-hydroxylation sites is 1. The highest BCUT2D eigenvalue weighted by Crippen LogP contribution is 2.31. The van der Waals surface area contributed by atoms with E-state index >= 15 is 0 Å². The van der Waals surface area contributed by atoms with E-state index in [-0.39, 0.29) is 11.0 Å². The Morgan fingerprint density at radius 3 is 2.48 bits per heavy atom. The van der Waals surface area contributed by atoms with Gasteiger partial charge in [0.25, 0.3) is 5.91 Å². The molecular formula is C26H19N3O2S2. The molecule has 5 aromatic rings. The number of rotatable bonds is 4. The molecule has 7 heteroatoms. The van der Waals surface area contributed by atoms with Gasteiger partial charge in [-0.15, -0.1) is 11.3 Å². The van der Waals surface area contributed by atoms with Crippen LogP contribution in [0.5, 0.6) is 5.75 Å². The van der Waals surface area contributed by atoms with Crippen LogP contribution in [0.2, 0.25) is 0 Å². The van der Waals surface area contributed by atoms with Gasteiger partial charge in [0.1, 0.15) is 10.8 Å². The minimum Gasteiger partial charge on any atom is -0.496 e.